The minimum absolute atomic E-state index is 0.112. The lowest BCUT2D eigenvalue weighted by Gasteiger charge is -2.21. The first-order valence-corrected chi connectivity index (χ1v) is 7.14. The molecule has 7 nitrogen and oxygen atoms in total. The molecule has 1 saturated heterocycles. The lowest BCUT2D eigenvalue weighted by atomic mass is 9.99. The predicted octanol–water partition coefficient (Wildman–Crippen LogP) is 0.907. The van der Waals surface area contributed by atoms with E-state index in [1.165, 1.54) is 6.42 Å². The molecule has 1 aliphatic rings. The van der Waals surface area contributed by atoms with Crippen molar-refractivity contribution in [1.29, 1.82) is 0 Å². The Balaban J connectivity index is 0.000000677. The van der Waals surface area contributed by atoms with Crippen molar-refractivity contribution in [3.8, 4) is 0 Å². The molecule has 1 atom stereocenters. The number of aromatic nitrogens is 2. The third-order valence-electron chi connectivity index (χ3n) is 3.29. The molecule has 0 aliphatic carbocycles. The highest BCUT2D eigenvalue weighted by Gasteiger charge is 2.13. The van der Waals surface area contributed by atoms with Crippen LogP contribution in [-0.4, -0.2) is 46.8 Å². The summed E-state index contributed by atoms with van der Waals surface area (Å²) >= 11 is 0. The van der Waals surface area contributed by atoms with Gasteiger partial charge in [-0.25, -0.2) is 4.98 Å². The van der Waals surface area contributed by atoms with Crippen LogP contribution in [0.5, 0.6) is 0 Å². The van der Waals surface area contributed by atoms with E-state index in [0.29, 0.717) is 18.9 Å². The second-order valence-corrected chi connectivity index (χ2v) is 4.88. The van der Waals surface area contributed by atoms with Crippen LogP contribution in [0.1, 0.15) is 25.7 Å². The zero-order valence-corrected chi connectivity index (χ0v) is 12.1. The maximum atomic E-state index is 11.6. The van der Waals surface area contributed by atoms with E-state index in [0.717, 1.165) is 32.6 Å². The minimum Gasteiger partial charge on any atom is -0.483 e. The van der Waals surface area contributed by atoms with Crippen molar-refractivity contribution in [1.82, 2.24) is 14.9 Å². The third-order valence-corrected chi connectivity index (χ3v) is 3.29. The number of hydrogen-bond acceptors (Lipinski definition) is 4. The Morgan fingerprint density at radius 3 is 3.00 bits per heavy atom. The average Bonchev–Trinajstić information content (AvgIpc) is 3.00. The molecule has 0 bridgehead atoms. The molecule has 0 radical (unpaired) electrons. The predicted molar refractivity (Wildman–Crippen MR) is 76.7 cm³/mol. The van der Waals surface area contributed by atoms with Gasteiger partial charge < -0.3 is 19.7 Å². The molecule has 2 N–H and O–H groups in total. The fourth-order valence-corrected chi connectivity index (χ4v) is 2.19. The van der Waals surface area contributed by atoms with E-state index in [-0.39, 0.29) is 12.4 Å². The Kier molecular flexibility index (Phi) is 8.86. The first-order chi connectivity index (χ1) is 10.3. The van der Waals surface area contributed by atoms with Crippen LogP contribution >= 0.6 is 0 Å². The molecule has 1 amide bonds. The molecule has 0 spiro atoms. The highest BCUT2D eigenvalue weighted by molar-refractivity contribution is 5.75. The lowest BCUT2D eigenvalue weighted by Crippen LogP contribution is -2.28. The molecular formula is C14H23N3O4. The molecule has 7 heteroatoms. The van der Waals surface area contributed by atoms with Gasteiger partial charge in [0, 0.05) is 45.1 Å². The maximum Gasteiger partial charge on any atom is 0.290 e. The third kappa shape index (κ3) is 8.09. The topological polar surface area (TPSA) is 93.5 Å². The van der Waals surface area contributed by atoms with Gasteiger partial charge in [-0.15, -0.1) is 0 Å². The van der Waals surface area contributed by atoms with E-state index >= 15 is 0 Å². The minimum atomic E-state index is -0.250. The van der Waals surface area contributed by atoms with E-state index < -0.39 is 0 Å². The van der Waals surface area contributed by atoms with Crippen LogP contribution in [0.15, 0.2) is 18.7 Å². The standard InChI is InChI=1S/C13H21N3O2.CH2O2/c17-13(4-7-16-8-6-14-11-16)15-5-3-12-2-1-9-18-10-12;2-1-3/h6,8,11-12H,1-5,7,9-10H2,(H,15,17);1H,(H,2,3). The molecule has 0 saturated carbocycles. The summed E-state index contributed by atoms with van der Waals surface area (Å²) in [5, 5.41) is 9.85. The number of imidazole rings is 1. The van der Waals surface area contributed by atoms with Crippen LogP contribution in [0.4, 0.5) is 0 Å². The van der Waals surface area contributed by atoms with Gasteiger partial charge in [-0.3, -0.25) is 9.59 Å². The second-order valence-electron chi connectivity index (χ2n) is 4.88. The largest absolute Gasteiger partial charge is 0.483 e. The molecule has 1 fully saturated rings. The van der Waals surface area contributed by atoms with E-state index in [1.54, 1.807) is 12.5 Å². The number of aryl methyl sites for hydroxylation is 1. The summed E-state index contributed by atoms with van der Waals surface area (Å²) in [6, 6.07) is 0. The summed E-state index contributed by atoms with van der Waals surface area (Å²) in [4.78, 5) is 23.9. The second kappa shape index (κ2) is 10.8. The van der Waals surface area contributed by atoms with Crippen LogP contribution in [0.25, 0.3) is 0 Å². The summed E-state index contributed by atoms with van der Waals surface area (Å²) in [5.74, 6) is 0.730. The molecule has 0 aromatic carbocycles. The van der Waals surface area contributed by atoms with Gasteiger partial charge in [0.2, 0.25) is 5.91 Å². The van der Waals surface area contributed by atoms with Crippen molar-refractivity contribution in [3.05, 3.63) is 18.7 Å². The van der Waals surface area contributed by atoms with Gasteiger partial charge in [-0.2, -0.15) is 0 Å². The highest BCUT2D eigenvalue weighted by Crippen LogP contribution is 2.16. The van der Waals surface area contributed by atoms with Crippen LogP contribution in [-0.2, 0) is 20.9 Å². The van der Waals surface area contributed by atoms with Crippen LogP contribution in [0.2, 0.25) is 0 Å². The lowest BCUT2D eigenvalue weighted by molar-refractivity contribution is -0.123. The van der Waals surface area contributed by atoms with Crippen LogP contribution < -0.4 is 5.32 Å². The zero-order chi connectivity index (χ0) is 15.3. The smallest absolute Gasteiger partial charge is 0.290 e. The summed E-state index contributed by atoms with van der Waals surface area (Å²) in [5.41, 5.74) is 0. The van der Waals surface area contributed by atoms with E-state index in [9.17, 15) is 4.79 Å². The fourth-order valence-electron chi connectivity index (χ4n) is 2.19. The van der Waals surface area contributed by atoms with Gasteiger partial charge in [-0.05, 0) is 25.2 Å². The first-order valence-electron chi connectivity index (χ1n) is 7.14. The number of nitrogens with one attached hydrogen (secondary N) is 1. The van der Waals surface area contributed by atoms with Crippen LogP contribution in [0, 0.1) is 5.92 Å². The summed E-state index contributed by atoms with van der Waals surface area (Å²) in [7, 11) is 0. The van der Waals surface area contributed by atoms with E-state index in [2.05, 4.69) is 10.3 Å². The first kappa shape index (κ1) is 17.2. The number of carbonyl (C=O) groups is 2. The number of hydrogen-bond donors (Lipinski definition) is 2. The molecule has 2 heterocycles. The molecule has 1 unspecified atom stereocenters. The highest BCUT2D eigenvalue weighted by atomic mass is 16.5. The van der Waals surface area contributed by atoms with Crippen molar-refractivity contribution in [3.63, 3.8) is 0 Å². The molecule has 1 aromatic heterocycles. The molecule has 21 heavy (non-hydrogen) atoms. The summed E-state index contributed by atoms with van der Waals surface area (Å²) in [6.45, 7) is 2.95. The van der Waals surface area contributed by atoms with Gasteiger partial charge in [0.1, 0.15) is 0 Å². The number of ether oxygens (including phenoxy) is 1. The van der Waals surface area contributed by atoms with E-state index in [1.807, 2.05) is 10.8 Å². The van der Waals surface area contributed by atoms with Crippen molar-refractivity contribution in [2.45, 2.75) is 32.2 Å². The number of carboxylic acid groups (broad SMARTS) is 1. The van der Waals surface area contributed by atoms with Gasteiger partial charge in [-0.1, -0.05) is 0 Å². The maximum absolute atomic E-state index is 11.6. The Bertz CT molecular complexity index is 389. The SMILES string of the molecule is O=C(CCn1ccnc1)NCCC1CCCOC1.O=CO. The quantitative estimate of drug-likeness (QED) is 0.761. The van der Waals surface area contributed by atoms with Crippen molar-refractivity contribution >= 4 is 12.4 Å². The Morgan fingerprint density at radius 1 is 1.57 bits per heavy atom. The molecule has 1 aromatic rings. The van der Waals surface area contributed by atoms with Gasteiger partial charge in [0.15, 0.2) is 0 Å². The summed E-state index contributed by atoms with van der Waals surface area (Å²) in [6.07, 6.45) is 9.23. The molecular weight excluding hydrogens is 274 g/mol. The zero-order valence-electron chi connectivity index (χ0n) is 12.1. The van der Waals surface area contributed by atoms with E-state index in [4.69, 9.17) is 14.6 Å². The van der Waals surface area contributed by atoms with Crippen LogP contribution in [0.3, 0.4) is 0 Å². The molecule has 2 rings (SSSR count). The van der Waals surface area contributed by atoms with Crippen molar-refractivity contribution < 1.29 is 19.4 Å². The Morgan fingerprint density at radius 2 is 2.38 bits per heavy atom. The average molecular weight is 297 g/mol. The van der Waals surface area contributed by atoms with Crippen molar-refractivity contribution in [2.75, 3.05) is 19.8 Å². The van der Waals surface area contributed by atoms with Gasteiger partial charge in [0.05, 0.1) is 6.33 Å². The van der Waals surface area contributed by atoms with Gasteiger partial charge in [0.25, 0.3) is 6.47 Å². The molecule has 1 aliphatic heterocycles. The van der Waals surface area contributed by atoms with Crippen molar-refractivity contribution in [2.24, 2.45) is 5.92 Å². The number of nitrogens with zero attached hydrogens (tertiary/aromatic N) is 2. The molecule has 118 valence electrons. The monoisotopic (exact) mass is 297 g/mol. The number of carbonyl (C=O) groups excluding carboxylic acids is 1. The Hall–Kier alpha value is -1.89. The fraction of sp³-hybridized carbons (Fsp3) is 0.643. The number of rotatable bonds is 6. The normalized spacial score (nSPS) is 17.4. The summed E-state index contributed by atoms with van der Waals surface area (Å²) < 4.78 is 7.32. The van der Waals surface area contributed by atoms with Gasteiger partial charge >= 0.3 is 0 Å². The Labute approximate surface area is 124 Å². The number of amides is 1.